The van der Waals surface area contributed by atoms with Crippen molar-refractivity contribution in [3.05, 3.63) is 47.5 Å². The van der Waals surface area contributed by atoms with Crippen molar-refractivity contribution in [3.8, 4) is 0 Å². The molecule has 6 heteroatoms. The summed E-state index contributed by atoms with van der Waals surface area (Å²) in [6, 6.07) is 9.99. The molecule has 2 atom stereocenters. The predicted molar refractivity (Wildman–Crippen MR) is 94.5 cm³/mol. The average molecular weight is 354 g/mol. The molecule has 5 nitrogen and oxygen atoms in total. The number of amides is 1. The van der Waals surface area contributed by atoms with Crippen LogP contribution in [0.3, 0.4) is 0 Å². The number of alkyl halides is 1. The van der Waals surface area contributed by atoms with E-state index in [9.17, 15) is 9.18 Å². The second-order valence-corrected chi connectivity index (χ2v) is 8.03. The molecule has 1 aliphatic heterocycles. The molecule has 2 aliphatic carbocycles. The van der Waals surface area contributed by atoms with Crippen LogP contribution in [-0.2, 0) is 10.2 Å². The molecular weight excluding hydrogens is 331 g/mol. The van der Waals surface area contributed by atoms with E-state index in [-0.39, 0.29) is 17.7 Å². The van der Waals surface area contributed by atoms with E-state index in [1.807, 2.05) is 35.2 Å². The van der Waals surface area contributed by atoms with Crippen LogP contribution in [0.25, 0.3) is 0 Å². The Bertz CT molecular complexity index is 812. The molecule has 1 N–H and O–H groups in total. The van der Waals surface area contributed by atoms with E-state index in [0.717, 1.165) is 42.9 Å². The van der Waals surface area contributed by atoms with Gasteiger partial charge in [-0.2, -0.15) is 5.10 Å². The van der Waals surface area contributed by atoms with Gasteiger partial charge in [0.25, 0.3) is 0 Å². The molecule has 3 aliphatic rings. The van der Waals surface area contributed by atoms with Gasteiger partial charge in [0, 0.05) is 30.8 Å². The number of rotatable bonds is 5. The Hall–Kier alpha value is -2.24. The number of benzene rings is 1. The normalized spacial score (nSPS) is 26.9. The Morgan fingerprint density at radius 1 is 1.23 bits per heavy atom. The number of nitrogens with one attached hydrogen (secondary N) is 1. The molecule has 1 amide bonds. The summed E-state index contributed by atoms with van der Waals surface area (Å²) in [6.45, 7) is 0.557. The van der Waals surface area contributed by atoms with Crippen molar-refractivity contribution in [3.63, 3.8) is 0 Å². The molecule has 5 rings (SSSR count). The van der Waals surface area contributed by atoms with E-state index >= 15 is 0 Å². The minimum Gasteiger partial charge on any atom is -0.341 e. The molecule has 1 aromatic carbocycles. The number of hydrogen-bond donors (Lipinski definition) is 1. The van der Waals surface area contributed by atoms with Crippen molar-refractivity contribution in [2.24, 2.45) is 5.92 Å². The maximum Gasteiger partial charge on any atom is 0.233 e. The minimum atomic E-state index is -0.438. The van der Waals surface area contributed by atoms with Gasteiger partial charge >= 0.3 is 0 Å². The van der Waals surface area contributed by atoms with Gasteiger partial charge in [-0.05, 0) is 31.2 Å². The van der Waals surface area contributed by atoms with Crippen LogP contribution < -0.4 is 0 Å². The molecule has 26 heavy (non-hydrogen) atoms. The molecule has 0 bridgehead atoms. The van der Waals surface area contributed by atoms with Crippen LogP contribution in [-0.4, -0.2) is 45.8 Å². The van der Waals surface area contributed by atoms with E-state index in [0.29, 0.717) is 19.0 Å². The maximum atomic E-state index is 13.7. The van der Waals surface area contributed by atoms with Crippen LogP contribution in [0.2, 0.25) is 0 Å². The predicted octanol–water partition coefficient (Wildman–Crippen LogP) is 2.93. The Kier molecular flexibility index (Phi) is 3.62. The topological polar surface area (TPSA) is 61.9 Å². The second kappa shape index (κ2) is 5.89. The van der Waals surface area contributed by atoms with Gasteiger partial charge in [-0.1, -0.05) is 30.3 Å². The number of halogens is 1. The highest BCUT2D eigenvalue weighted by Gasteiger charge is 2.54. The molecule has 136 valence electrons. The smallest absolute Gasteiger partial charge is 0.233 e. The van der Waals surface area contributed by atoms with E-state index in [4.69, 9.17) is 0 Å². The molecule has 2 heterocycles. The fourth-order valence-corrected chi connectivity index (χ4v) is 4.29. The lowest BCUT2D eigenvalue weighted by atomic mass is 9.94. The summed E-state index contributed by atoms with van der Waals surface area (Å²) >= 11 is 0. The third-order valence-corrected chi connectivity index (χ3v) is 6.23. The first kappa shape index (κ1) is 16.0. The SMILES string of the molecule is O=C(N1C[C@@H](CF)[C@H](c2nc(C3CC3)n[nH]2)C1)C1(c2ccccc2)CC1. The van der Waals surface area contributed by atoms with Crippen molar-refractivity contribution in [2.45, 2.75) is 42.9 Å². The van der Waals surface area contributed by atoms with E-state index in [1.165, 1.54) is 0 Å². The molecule has 3 fully saturated rings. The quantitative estimate of drug-likeness (QED) is 0.898. The van der Waals surface area contributed by atoms with Gasteiger partial charge in [0.05, 0.1) is 12.1 Å². The van der Waals surface area contributed by atoms with Crippen LogP contribution in [0, 0.1) is 5.92 Å². The van der Waals surface area contributed by atoms with Crippen molar-refractivity contribution in [1.29, 1.82) is 0 Å². The zero-order chi connectivity index (χ0) is 17.7. The lowest BCUT2D eigenvalue weighted by Crippen LogP contribution is -2.38. The number of aromatic nitrogens is 3. The highest BCUT2D eigenvalue weighted by atomic mass is 19.1. The molecular formula is C20H23FN4O. The Morgan fingerprint density at radius 3 is 2.65 bits per heavy atom. The second-order valence-electron chi connectivity index (χ2n) is 8.03. The summed E-state index contributed by atoms with van der Waals surface area (Å²) in [5, 5.41) is 7.32. The molecule has 1 saturated heterocycles. The largest absolute Gasteiger partial charge is 0.341 e. The van der Waals surface area contributed by atoms with Crippen molar-refractivity contribution in [2.75, 3.05) is 19.8 Å². The van der Waals surface area contributed by atoms with Crippen molar-refractivity contribution >= 4 is 5.91 Å². The fourth-order valence-electron chi connectivity index (χ4n) is 4.29. The average Bonchev–Trinajstić information content (AvgIpc) is 3.60. The van der Waals surface area contributed by atoms with Gasteiger partial charge in [-0.15, -0.1) is 0 Å². The maximum absolute atomic E-state index is 13.7. The van der Waals surface area contributed by atoms with Gasteiger partial charge in [-0.3, -0.25) is 14.3 Å². The van der Waals surface area contributed by atoms with E-state index < -0.39 is 12.1 Å². The number of carbonyl (C=O) groups is 1. The van der Waals surface area contributed by atoms with Crippen LogP contribution in [0.1, 0.15) is 54.7 Å². The minimum absolute atomic E-state index is 0.0875. The summed E-state index contributed by atoms with van der Waals surface area (Å²) in [5.74, 6) is 1.92. The van der Waals surface area contributed by atoms with Gasteiger partial charge in [-0.25, -0.2) is 4.98 Å². The third kappa shape index (κ3) is 2.54. The summed E-state index contributed by atoms with van der Waals surface area (Å²) in [4.78, 5) is 19.7. The highest BCUT2D eigenvalue weighted by molar-refractivity contribution is 5.91. The first-order valence-corrected chi connectivity index (χ1v) is 9.54. The van der Waals surface area contributed by atoms with Crippen molar-refractivity contribution in [1.82, 2.24) is 20.1 Å². The lowest BCUT2D eigenvalue weighted by Gasteiger charge is -2.23. The standard InChI is InChI=1S/C20H23FN4O/c21-10-14-11-25(12-16(14)18-22-17(23-24-18)13-6-7-13)19(26)20(8-9-20)15-4-2-1-3-5-15/h1-5,13-14,16H,6-12H2,(H,22,23,24)/t14-,16-/m1/s1. The number of hydrogen-bond acceptors (Lipinski definition) is 3. The molecule has 0 unspecified atom stereocenters. The summed E-state index contributed by atoms with van der Waals surface area (Å²) < 4.78 is 13.7. The molecule has 0 radical (unpaired) electrons. The molecule has 2 saturated carbocycles. The zero-order valence-corrected chi connectivity index (χ0v) is 14.7. The number of H-pyrrole nitrogens is 1. The highest BCUT2D eigenvalue weighted by Crippen LogP contribution is 2.50. The van der Waals surface area contributed by atoms with Gasteiger partial charge in [0.2, 0.25) is 5.91 Å². The van der Waals surface area contributed by atoms with Crippen LogP contribution in [0.4, 0.5) is 4.39 Å². The van der Waals surface area contributed by atoms with Gasteiger partial charge < -0.3 is 4.90 Å². The number of likely N-dealkylation sites (tertiary alicyclic amines) is 1. The Morgan fingerprint density at radius 2 is 2.00 bits per heavy atom. The Labute approximate surface area is 152 Å². The van der Waals surface area contributed by atoms with Gasteiger partial charge in [0.15, 0.2) is 5.82 Å². The summed E-state index contributed by atoms with van der Waals surface area (Å²) in [6.07, 6.45) is 4.04. The number of aromatic amines is 1. The zero-order valence-electron chi connectivity index (χ0n) is 14.7. The number of nitrogens with zero attached hydrogens (tertiary/aromatic N) is 3. The summed E-state index contributed by atoms with van der Waals surface area (Å²) in [7, 11) is 0. The van der Waals surface area contributed by atoms with Crippen LogP contribution in [0.5, 0.6) is 0 Å². The van der Waals surface area contributed by atoms with E-state index in [1.54, 1.807) is 0 Å². The van der Waals surface area contributed by atoms with Crippen LogP contribution in [0.15, 0.2) is 30.3 Å². The molecule has 1 aromatic heterocycles. The Balaban J connectivity index is 1.36. The number of carbonyl (C=O) groups excluding carboxylic acids is 1. The fraction of sp³-hybridized carbons (Fsp3) is 0.550. The van der Waals surface area contributed by atoms with E-state index in [2.05, 4.69) is 15.2 Å². The van der Waals surface area contributed by atoms with Crippen molar-refractivity contribution < 1.29 is 9.18 Å². The first-order valence-electron chi connectivity index (χ1n) is 9.54. The lowest BCUT2D eigenvalue weighted by molar-refractivity contribution is -0.133. The third-order valence-electron chi connectivity index (χ3n) is 6.23. The molecule has 0 spiro atoms. The molecule has 2 aromatic rings. The van der Waals surface area contributed by atoms with Crippen LogP contribution >= 0.6 is 0 Å². The van der Waals surface area contributed by atoms with Gasteiger partial charge in [0.1, 0.15) is 5.82 Å². The summed E-state index contributed by atoms with van der Waals surface area (Å²) in [5.41, 5.74) is 0.693. The monoisotopic (exact) mass is 354 g/mol. The first-order chi connectivity index (χ1) is 12.7.